The van der Waals surface area contributed by atoms with Crippen molar-refractivity contribution in [1.82, 2.24) is 10.2 Å². The van der Waals surface area contributed by atoms with Crippen molar-refractivity contribution >= 4 is 0 Å². The van der Waals surface area contributed by atoms with Crippen LogP contribution in [0.3, 0.4) is 0 Å². The van der Waals surface area contributed by atoms with Crippen LogP contribution in [0.4, 0.5) is 0 Å². The predicted octanol–water partition coefficient (Wildman–Crippen LogP) is 1.86. The number of nitrogens with one attached hydrogen (secondary N) is 1. The normalized spacial score (nSPS) is 25.5. The molecule has 1 saturated heterocycles. The molecule has 0 bridgehead atoms. The lowest BCUT2D eigenvalue weighted by Crippen LogP contribution is -2.35. The number of nitrogens with zero attached hydrogens (tertiary/aromatic N) is 1. The molecule has 0 aromatic rings. The molecule has 1 N–H and O–H groups in total. The highest BCUT2D eigenvalue weighted by Crippen LogP contribution is 2.18. The van der Waals surface area contributed by atoms with E-state index in [1.54, 1.807) is 0 Å². The zero-order valence-electron chi connectivity index (χ0n) is 9.47. The Morgan fingerprint density at radius 2 is 1.86 bits per heavy atom. The number of rotatable bonds is 5. The number of likely N-dealkylation sites (tertiary alicyclic amines) is 1. The standard InChI is InChI=1S/C12H24N2/c1-11-5-9-14(10-6-11)8-2-7-13-12-3-4-12/h11-13H,2-10H2,1H3. The summed E-state index contributed by atoms with van der Waals surface area (Å²) in [5, 5.41) is 3.58. The van der Waals surface area contributed by atoms with Crippen LogP contribution < -0.4 is 5.32 Å². The Morgan fingerprint density at radius 1 is 1.14 bits per heavy atom. The van der Waals surface area contributed by atoms with Crippen LogP contribution in [0.25, 0.3) is 0 Å². The van der Waals surface area contributed by atoms with Crippen molar-refractivity contribution < 1.29 is 0 Å². The maximum absolute atomic E-state index is 3.58. The molecule has 82 valence electrons. The van der Waals surface area contributed by atoms with E-state index >= 15 is 0 Å². The monoisotopic (exact) mass is 196 g/mol. The van der Waals surface area contributed by atoms with Gasteiger partial charge in [-0.2, -0.15) is 0 Å². The molecule has 1 aliphatic carbocycles. The minimum Gasteiger partial charge on any atom is -0.314 e. The van der Waals surface area contributed by atoms with Crippen LogP contribution in [-0.2, 0) is 0 Å². The summed E-state index contributed by atoms with van der Waals surface area (Å²) in [6, 6.07) is 0.886. The van der Waals surface area contributed by atoms with Crippen molar-refractivity contribution in [2.75, 3.05) is 26.2 Å². The van der Waals surface area contributed by atoms with Gasteiger partial charge < -0.3 is 10.2 Å². The second kappa shape index (κ2) is 5.13. The van der Waals surface area contributed by atoms with Crippen molar-refractivity contribution in [3.05, 3.63) is 0 Å². The third-order valence-corrected chi connectivity index (χ3v) is 3.54. The van der Waals surface area contributed by atoms with Crippen molar-refractivity contribution in [1.29, 1.82) is 0 Å². The van der Waals surface area contributed by atoms with E-state index in [1.165, 1.54) is 58.3 Å². The number of hydrogen-bond acceptors (Lipinski definition) is 2. The van der Waals surface area contributed by atoms with Crippen LogP contribution in [0.5, 0.6) is 0 Å². The van der Waals surface area contributed by atoms with Gasteiger partial charge in [0, 0.05) is 6.04 Å². The predicted molar refractivity (Wildman–Crippen MR) is 60.5 cm³/mol. The van der Waals surface area contributed by atoms with E-state index in [4.69, 9.17) is 0 Å². The first-order chi connectivity index (χ1) is 6.84. The molecule has 0 amide bonds. The fourth-order valence-corrected chi connectivity index (χ4v) is 2.18. The van der Waals surface area contributed by atoms with Gasteiger partial charge in [-0.15, -0.1) is 0 Å². The maximum atomic E-state index is 3.58. The van der Waals surface area contributed by atoms with E-state index in [0.29, 0.717) is 0 Å². The van der Waals surface area contributed by atoms with E-state index in [2.05, 4.69) is 17.1 Å². The zero-order valence-corrected chi connectivity index (χ0v) is 9.47. The summed E-state index contributed by atoms with van der Waals surface area (Å²) in [7, 11) is 0. The minimum atomic E-state index is 0.886. The van der Waals surface area contributed by atoms with Gasteiger partial charge in [-0.05, 0) is 64.2 Å². The first-order valence-electron chi connectivity index (χ1n) is 6.30. The highest BCUT2D eigenvalue weighted by molar-refractivity contribution is 4.80. The Labute approximate surface area is 88.1 Å². The summed E-state index contributed by atoms with van der Waals surface area (Å²) >= 11 is 0. The molecule has 0 atom stereocenters. The topological polar surface area (TPSA) is 15.3 Å². The van der Waals surface area contributed by atoms with Gasteiger partial charge in [-0.1, -0.05) is 6.92 Å². The van der Waals surface area contributed by atoms with Crippen LogP contribution in [0.1, 0.15) is 39.0 Å². The van der Waals surface area contributed by atoms with Gasteiger partial charge in [0.1, 0.15) is 0 Å². The average Bonchev–Trinajstić information content (AvgIpc) is 2.99. The van der Waals surface area contributed by atoms with E-state index < -0.39 is 0 Å². The van der Waals surface area contributed by atoms with Crippen LogP contribution >= 0.6 is 0 Å². The molecule has 2 heteroatoms. The Morgan fingerprint density at radius 3 is 2.50 bits per heavy atom. The molecule has 0 spiro atoms. The molecule has 1 aliphatic heterocycles. The molecular formula is C12H24N2. The molecule has 14 heavy (non-hydrogen) atoms. The summed E-state index contributed by atoms with van der Waals surface area (Å²) in [6.07, 6.45) is 7.00. The number of piperidine rings is 1. The van der Waals surface area contributed by atoms with Crippen LogP contribution in [0.2, 0.25) is 0 Å². The molecular weight excluding hydrogens is 172 g/mol. The maximum Gasteiger partial charge on any atom is 0.00682 e. The Kier molecular flexibility index (Phi) is 3.82. The molecule has 2 rings (SSSR count). The lowest BCUT2D eigenvalue weighted by Gasteiger charge is -2.30. The van der Waals surface area contributed by atoms with Gasteiger partial charge in [0.2, 0.25) is 0 Å². The van der Waals surface area contributed by atoms with Gasteiger partial charge in [-0.3, -0.25) is 0 Å². The first kappa shape index (κ1) is 10.4. The van der Waals surface area contributed by atoms with E-state index in [-0.39, 0.29) is 0 Å². The molecule has 1 saturated carbocycles. The molecule has 0 aromatic heterocycles. The first-order valence-corrected chi connectivity index (χ1v) is 6.30. The third kappa shape index (κ3) is 3.58. The SMILES string of the molecule is CC1CCN(CCCNC2CC2)CC1. The fourth-order valence-electron chi connectivity index (χ4n) is 2.18. The molecule has 2 nitrogen and oxygen atoms in total. The van der Waals surface area contributed by atoms with Gasteiger partial charge >= 0.3 is 0 Å². The molecule has 0 aromatic carbocycles. The molecule has 2 fully saturated rings. The van der Waals surface area contributed by atoms with Crippen molar-refractivity contribution in [3.63, 3.8) is 0 Å². The second-order valence-electron chi connectivity index (χ2n) is 5.11. The summed E-state index contributed by atoms with van der Waals surface area (Å²) in [5.41, 5.74) is 0. The minimum absolute atomic E-state index is 0.886. The Hall–Kier alpha value is -0.0800. The van der Waals surface area contributed by atoms with Gasteiger partial charge in [0.25, 0.3) is 0 Å². The van der Waals surface area contributed by atoms with Gasteiger partial charge in [0.05, 0.1) is 0 Å². The summed E-state index contributed by atoms with van der Waals surface area (Å²) in [6.45, 7) is 7.60. The average molecular weight is 196 g/mol. The Bertz CT molecular complexity index is 158. The quantitative estimate of drug-likeness (QED) is 0.675. The molecule has 2 aliphatic rings. The van der Waals surface area contributed by atoms with E-state index in [0.717, 1.165) is 12.0 Å². The van der Waals surface area contributed by atoms with Crippen molar-refractivity contribution in [3.8, 4) is 0 Å². The van der Waals surface area contributed by atoms with Crippen molar-refractivity contribution in [2.24, 2.45) is 5.92 Å². The summed E-state index contributed by atoms with van der Waals surface area (Å²) in [5.74, 6) is 0.968. The highest BCUT2D eigenvalue weighted by atomic mass is 15.1. The lowest BCUT2D eigenvalue weighted by atomic mass is 9.99. The smallest absolute Gasteiger partial charge is 0.00682 e. The third-order valence-electron chi connectivity index (χ3n) is 3.54. The van der Waals surface area contributed by atoms with Crippen LogP contribution in [0, 0.1) is 5.92 Å². The number of hydrogen-bond donors (Lipinski definition) is 1. The van der Waals surface area contributed by atoms with E-state index in [1.807, 2.05) is 0 Å². The lowest BCUT2D eigenvalue weighted by molar-refractivity contribution is 0.190. The summed E-state index contributed by atoms with van der Waals surface area (Å²) in [4.78, 5) is 2.63. The zero-order chi connectivity index (χ0) is 9.80. The largest absolute Gasteiger partial charge is 0.314 e. The molecule has 0 unspecified atom stereocenters. The highest BCUT2D eigenvalue weighted by Gasteiger charge is 2.20. The second-order valence-corrected chi connectivity index (χ2v) is 5.11. The molecule has 1 heterocycles. The van der Waals surface area contributed by atoms with Crippen LogP contribution in [-0.4, -0.2) is 37.1 Å². The Balaban J connectivity index is 1.47. The van der Waals surface area contributed by atoms with Crippen LogP contribution in [0.15, 0.2) is 0 Å². The summed E-state index contributed by atoms with van der Waals surface area (Å²) < 4.78 is 0. The molecule has 0 radical (unpaired) electrons. The fraction of sp³-hybridized carbons (Fsp3) is 1.00. The van der Waals surface area contributed by atoms with Crippen molar-refractivity contribution in [2.45, 2.75) is 45.1 Å². The van der Waals surface area contributed by atoms with Gasteiger partial charge in [-0.25, -0.2) is 0 Å². The van der Waals surface area contributed by atoms with Gasteiger partial charge in [0.15, 0.2) is 0 Å². The van der Waals surface area contributed by atoms with E-state index in [9.17, 15) is 0 Å².